The van der Waals surface area contributed by atoms with Crippen LogP contribution in [0.25, 0.3) is 10.9 Å². The number of ether oxygens (including phenoxy) is 1. The summed E-state index contributed by atoms with van der Waals surface area (Å²) in [5, 5.41) is 4.79. The molecule has 2 aromatic carbocycles. The number of aromatic nitrogens is 1. The average molecular weight is 381 g/mol. The van der Waals surface area contributed by atoms with Crippen LogP contribution < -0.4 is 10.1 Å². The summed E-state index contributed by atoms with van der Waals surface area (Å²) >= 11 is 1.50. The lowest BCUT2D eigenvalue weighted by Gasteiger charge is -2.17. The van der Waals surface area contributed by atoms with Crippen molar-refractivity contribution in [2.75, 3.05) is 11.9 Å². The normalized spacial score (nSPS) is 12.0. The van der Waals surface area contributed by atoms with E-state index in [0.717, 1.165) is 15.9 Å². The van der Waals surface area contributed by atoms with Gasteiger partial charge in [-0.1, -0.05) is 49.0 Å². The number of benzene rings is 2. The Morgan fingerprint density at radius 3 is 2.67 bits per heavy atom. The SMILES string of the molecule is CCOc1ccccc1NC(=O)C(CC)Sc1cc(C)c2ccccc2n1. The van der Waals surface area contributed by atoms with E-state index in [9.17, 15) is 4.79 Å². The molecular formula is C22H24N2O2S. The molecule has 140 valence electrons. The third-order valence-corrected chi connectivity index (χ3v) is 5.55. The van der Waals surface area contributed by atoms with Crippen molar-refractivity contribution in [3.63, 3.8) is 0 Å². The second-order valence-electron chi connectivity index (χ2n) is 6.23. The van der Waals surface area contributed by atoms with Crippen LogP contribution >= 0.6 is 11.8 Å². The molecule has 0 saturated heterocycles. The van der Waals surface area contributed by atoms with Crippen LogP contribution in [0.15, 0.2) is 59.6 Å². The predicted molar refractivity (Wildman–Crippen MR) is 113 cm³/mol. The summed E-state index contributed by atoms with van der Waals surface area (Å²) in [6, 6.07) is 17.6. The fraction of sp³-hybridized carbons (Fsp3) is 0.273. The molecule has 0 aliphatic heterocycles. The molecule has 1 unspecified atom stereocenters. The van der Waals surface area contributed by atoms with Crippen LogP contribution in [0.2, 0.25) is 0 Å². The first kappa shape index (κ1) is 19.2. The maximum absolute atomic E-state index is 12.8. The van der Waals surface area contributed by atoms with Crippen LogP contribution in [0.1, 0.15) is 25.8 Å². The number of para-hydroxylation sites is 3. The Hall–Kier alpha value is -2.53. The van der Waals surface area contributed by atoms with Gasteiger partial charge in [-0.2, -0.15) is 0 Å². The van der Waals surface area contributed by atoms with Gasteiger partial charge in [-0.05, 0) is 50.1 Å². The fourth-order valence-electron chi connectivity index (χ4n) is 2.91. The van der Waals surface area contributed by atoms with E-state index in [4.69, 9.17) is 9.72 Å². The third-order valence-electron chi connectivity index (χ3n) is 4.27. The Kier molecular flexibility index (Phi) is 6.35. The molecule has 1 atom stereocenters. The highest BCUT2D eigenvalue weighted by Crippen LogP contribution is 2.30. The number of amides is 1. The fourth-order valence-corrected chi connectivity index (χ4v) is 3.93. The number of nitrogens with one attached hydrogen (secondary N) is 1. The van der Waals surface area contributed by atoms with Crippen LogP contribution in [0.4, 0.5) is 5.69 Å². The zero-order valence-electron chi connectivity index (χ0n) is 15.9. The topological polar surface area (TPSA) is 51.2 Å². The molecule has 1 heterocycles. The molecule has 0 spiro atoms. The van der Waals surface area contributed by atoms with E-state index in [0.29, 0.717) is 24.5 Å². The minimum absolute atomic E-state index is 0.0396. The van der Waals surface area contributed by atoms with Gasteiger partial charge in [0.25, 0.3) is 0 Å². The predicted octanol–water partition coefficient (Wildman–Crippen LogP) is 5.45. The molecule has 5 heteroatoms. The van der Waals surface area contributed by atoms with E-state index in [1.165, 1.54) is 17.3 Å². The molecule has 4 nitrogen and oxygen atoms in total. The molecule has 0 bridgehead atoms. The van der Waals surface area contributed by atoms with Crippen molar-refractivity contribution in [2.24, 2.45) is 0 Å². The van der Waals surface area contributed by atoms with Gasteiger partial charge in [-0.25, -0.2) is 4.98 Å². The molecule has 0 aliphatic rings. The number of nitrogens with zero attached hydrogens (tertiary/aromatic N) is 1. The van der Waals surface area contributed by atoms with E-state index >= 15 is 0 Å². The van der Waals surface area contributed by atoms with Crippen molar-refractivity contribution in [3.8, 4) is 5.75 Å². The minimum atomic E-state index is -0.229. The highest BCUT2D eigenvalue weighted by Gasteiger charge is 2.20. The Bertz CT molecular complexity index is 942. The molecule has 0 radical (unpaired) electrons. The standard InChI is InChI=1S/C22H24N2O2S/c1-4-20(22(25)24-18-12-8-9-13-19(18)26-5-2)27-21-14-15(3)16-10-6-7-11-17(16)23-21/h6-14,20H,4-5H2,1-3H3,(H,24,25). The summed E-state index contributed by atoms with van der Waals surface area (Å²) in [7, 11) is 0. The first-order chi connectivity index (χ1) is 13.1. The molecule has 3 rings (SSSR count). The van der Waals surface area contributed by atoms with Gasteiger partial charge in [-0.15, -0.1) is 0 Å². The molecular weight excluding hydrogens is 356 g/mol. The molecule has 3 aromatic rings. The van der Waals surface area contributed by atoms with Gasteiger partial charge >= 0.3 is 0 Å². The Morgan fingerprint density at radius 2 is 1.89 bits per heavy atom. The zero-order valence-corrected chi connectivity index (χ0v) is 16.7. The van der Waals surface area contributed by atoms with Gasteiger partial charge in [0.05, 0.1) is 28.1 Å². The highest BCUT2D eigenvalue weighted by molar-refractivity contribution is 8.00. The summed E-state index contributed by atoms with van der Waals surface area (Å²) in [5.41, 5.74) is 2.82. The average Bonchev–Trinajstić information content (AvgIpc) is 2.68. The molecule has 0 saturated carbocycles. The number of hydrogen-bond donors (Lipinski definition) is 1. The molecule has 0 aliphatic carbocycles. The molecule has 1 aromatic heterocycles. The second-order valence-corrected chi connectivity index (χ2v) is 7.45. The Labute approximate surface area is 164 Å². The van der Waals surface area contributed by atoms with Crippen LogP contribution in [0.5, 0.6) is 5.75 Å². The number of anilines is 1. The number of pyridine rings is 1. The van der Waals surface area contributed by atoms with Crippen molar-refractivity contribution in [2.45, 2.75) is 37.5 Å². The highest BCUT2D eigenvalue weighted by atomic mass is 32.2. The molecule has 0 fully saturated rings. The maximum atomic E-state index is 12.8. The van der Waals surface area contributed by atoms with Crippen molar-refractivity contribution in [3.05, 3.63) is 60.2 Å². The number of carbonyl (C=O) groups is 1. The third kappa shape index (κ3) is 4.61. The lowest BCUT2D eigenvalue weighted by Crippen LogP contribution is -2.25. The lowest BCUT2D eigenvalue weighted by atomic mass is 10.1. The minimum Gasteiger partial charge on any atom is -0.492 e. The monoisotopic (exact) mass is 380 g/mol. The van der Waals surface area contributed by atoms with Gasteiger partial charge in [0.15, 0.2) is 0 Å². The van der Waals surface area contributed by atoms with Crippen molar-refractivity contribution in [1.29, 1.82) is 0 Å². The lowest BCUT2D eigenvalue weighted by molar-refractivity contribution is -0.115. The van der Waals surface area contributed by atoms with Crippen LogP contribution in [-0.4, -0.2) is 22.7 Å². The van der Waals surface area contributed by atoms with Crippen molar-refractivity contribution in [1.82, 2.24) is 4.98 Å². The first-order valence-electron chi connectivity index (χ1n) is 9.18. The molecule has 1 amide bonds. The molecule has 27 heavy (non-hydrogen) atoms. The Balaban J connectivity index is 1.78. The van der Waals surface area contributed by atoms with Crippen LogP contribution in [0.3, 0.4) is 0 Å². The number of hydrogen-bond acceptors (Lipinski definition) is 4. The number of thioether (sulfide) groups is 1. The van der Waals surface area contributed by atoms with Crippen molar-refractivity contribution < 1.29 is 9.53 Å². The van der Waals surface area contributed by atoms with E-state index in [1.807, 2.05) is 56.3 Å². The number of aryl methyl sites for hydroxylation is 1. The summed E-state index contributed by atoms with van der Waals surface area (Å²) in [5.74, 6) is 0.648. The number of carbonyl (C=O) groups excluding carboxylic acids is 1. The second kappa shape index (κ2) is 8.91. The van der Waals surface area contributed by atoms with E-state index < -0.39 is 0 Å². The summed E-state index contributed by atoms with van der Waals surface area (Å²) in [4.78, 5) is 17.6. The molecule has 1 N–H and O–H groups in total. The van der Waals surface area contributed by atoms with Gasteiger partial charge in [0, 0.05) is 5.39 Å². The largest absolute Gasteiger partial charge is 0.492 e. The quantitative estimate of drug-likeness (QED) is 0.554. The van der Waals surface area contributed by atoms with E-state index in [1.54, 1.807) is 0 Å². The van der Waals surface area contributed by atoms with Gasteiger partial charge in [-0.3, -0.25) is 4.79 Å². The maximum Gasteiger partial charge on any atom is 0.238 e. The van der Waals surface area contributed by atoms with Crippen LogP contribution in [0, 0.1) is 6.92 Å². The number of rotatable bonds is 7. The summed E-state index contributed by atoms with van der Waals surface area (Å²) < 4.78 is 5.60. The Morgan fingerprint density at radius 1 is 1.15 bits per heavy atom. The van der Waals surface area contributed by atoms with Gasteiger partial charge in [0.1, 0.15) is 5.75 Å². The zero-order chi connectivity index (χ0) is 19.2. The van der Waals surface area contributed by atoms with Crippen LogP contribution in [-0.2, 0) is 4.79 Å². The summed E-state index contributed by atoms with van der Waals surface area (Å²) in [6.45, 7) is 6.57. The number of fused-ring (bicyclic) bond motifs is 1. The van der Waals surface area contributed by atoms with Gasteiger partial charge < -0.3 is 10.1 Å². The van der Waals surface area contributed by atoms with Crippen molar-refractivity contribution >= 4 is 34.3 Å². The van der Waals surface area contributed by atoms with Gasteiger partial charge in [0.2, 0.25) is 5.91 Å². The first-order valence-corrected chi connectivity index (χ1v) is 10.1. The smallest absolute Gasteiger partial charge is 0.238 e. The summed E-state index contributed by atoms with van der Waals surface area (Å²) in [6.07, 6.45) is 0.709. The van der Waals surface area contributed by atoms with E-state index in [-0.39, 0.29) is 11.2 Å². The van der Waals surface area contributed by atoms with E-state index in [2.05, 4.69) is 24.4 Å².